The van der Waals surface area contributed by atoms with E-state index in [1.54, 1.807) is 19.2 Å². The van der Waals surface area contributed by atoms with Crippen molar-refractivity contribution in [3.63, 3.8) is 0 Å². The van der Waals surface area contributed by atoms with Crippen LogP contribution in [0.4, 0.5) is 0 Å². The van der Waals surface area contributed by atoms with E-state index in [4.69, 9.17) is 14.2 Å². The van der Waals surface area contributed by atoms with Gasteiger partial charge in [-0.25, -0.2) is 0 Å². The third-order valence-corrected chi connectivity index (χ3v) is 3.13. The lowest BCUT2D eigenvalue weighted by atomic mass is 10.1. The van der Waals surface area contributed by atoms with E-state index in [1.807, 2.05) is 18.2 Å². The summed E-state index contributed by atoms with van der Waals surface area (Å²) in [4.78, 5) is 0. The molecule has 1 saturated heterocycles. The molecule has 5 heteroatoms. The minimum atomic E-state index is -0.982. The van der Waals surface area contributed by atoms with Crippen LogP contribution in [0.1, 0.15) is 24.7 Å². The zero-order valence-electron chi connectivity index (χ0n) is 10.9. The minimum Gasteiger partial charge on any atom is -0.393 e. The molecule has 1 aliphatic rings. The summed E-state index contributed by atoms with van der Waals surface area (Å²) in [5, 5.41) is 19.6. The van der Waals surface area contributed by atoms with Crippen molar-refractivity contribution < 1.29 is 24.4 Å². The van der Waals surface area contributed by atoms with Gasteiger partial charge in [0.1, 0.15) is 0 Å². The van der Waals surface area contributed by atoms with Crippen LogP contribution in [-0.4, -0.2) is 42.4 Å². The SMILES string of the molecule is COC1CC(O)CC(COC(O)c2ccccc2)O1. The van der Waals surface area contributed by atoms with Gasteiger partial charge in [-0.15, -0.1) is 0 Å². The van der Waals surface area contributed by atoms with E-state index >= 15 is 0 Å². The maximum Gasteiger partial charge on any atom is 0.181 e. The van der Waals surface area contributed by atoms with Crippen LogP contribution in [0.25, 0.3) is 0 Å². The van der Waals surface area contributed by atoms with Gasteiger partial charge in [0.2, 0.25) is 0 Å². The average Bonchev–Trinajstić information content (AvgIpc) is 2.45. The van der Waals surface area contributed by atoms with Crippen LogP contribution in [0, 0.1) is 0 Å². The van der Waals surface area contributed by atoms with E-state index in [1.165, 1.54) is 0 Å². The molecule has 5 nitrogen and oxygen atoms in total. The molecule has 0 amide bonds. The van der Waals surface area contributed by atoms with Crippen molar-refractivity contribution in [3.8, 4) is 0 Å². The number of hydrogen-bond donors (Lipinski definition) is 2. The molecule has 4 atom stereocenters. The number of aliphatic hydroxyl groups is 2. The van der Waals surface area contributed by atoms with Gasteiger partial charge in [-0.05, 0) is 0 Å². The van der Waals surface area contributed by atoms with Crippen LogP contribution >= 0.6 is 0 Å². The summed E-state index contributed by atoms with van der Waals surface area (Å²) in [6.45, 7) is 0.215. The first-order valence-electron chi connectivity index (χ1n) is 6.40. The van der Waals surface area contributed by atoms with Crippen LogP contribution in [0.15, 0.2) is 30.3 Å². The first-order chi connectivity index (χ1) is 9.19. The molecular weight excluding hydrogens is 248 g/mol. The molecule has 1 heterocycles. The van der Waals surface area contributed by atoms with Gasteiger partial charge in [0.05, 0.1) is 18.8 Å². The van der Waals surface area contributed by atoms with Gasteiger partial charge in [-0.3, -0.25) is 0 Å². The molecule has 0 spiro atoms. The molecule has 1 aliphatic heterocycles. The summed E-state index contributed by atoms with van der Waals surface area (Å²) < 4.78 is 16.0. The number of benzene rings is 1. The van der Waals surface area contributed by atoms with Gasteiger partial charge in [-0.1, -0.05) is 30.3 Å². The lowest BCUT2D eigenvalue weighted by molar-refractivity contribution is -0.228. The predicted molar refractivity (Wildman–Crippen MR) is 68.3 cm³/mol. The molecule has 1 aromatic rings. The monoisotopic (exact) mass is 268 g/mol. The van der Waals surface area contributed by atoms with E-state index in [9.17, 15) is 10.2 Å². The Morgan fingerprint density at radius 2 is 2.05 bits per heavy atom. The van der Waals surface area contributed by atoms with Gasteiger partial charge < -0.3 is 24.4 Å². The summed E-state index contributed by atoms with van der Waals surface area (Å²) in [5.74, 6) is 0. The van der Waals surface area contributed by atoms with Crippen molar-refractivity contribution in [3.05, 3.63) is 35.9 Å². The molecule has 2 rings (SSSR count). The number of ether oxygens (including phenoxy) is 3. The number of rotatable bonds is 5. The highest BCUT2D eigenvalue weighted by Crippen LogP contribution is 2.22. The average molecular weight is 268 g/mol. The highest BCUT2D eigenvalue weighted by atomic mass is 16.7. The molecule has 19 heavy (non-hydrogen) atoms. The Morgan fingerprint density at radius 1 is 1.32 bits per heavy atom. The van der Waals surface area contributed by atoms with Crippen LogP contribution in [0.2, 0.25) is 0 Å². The number of methoxy groups -OCH3 is 1. The second-order valence-corrected chi connectivity index (χ2v) is 4.64. The summed E-state index contributed by atoms with van der Waals surface area (Å²) >= 11 is 0. The Balaban J connectivity index is 1.81. The molecule has 1 fully saturated rings. The van der Waals surface area contributed by atoms with E-state index < -0.39 is 18.7 Å². The molecular formula is C14H20O5. The van der Waals surface area contributed by atoms with Crippen molar-refractivity contribution in [1.29, 1.82) is 0 Å². The van der Waals surface area contributed by atoms with Gasteiger partial charge in [0.25, 0.3) is 0 Å². The highest BCUT2D eigenvalue weighted by molar-refractivity contribution is 5.15. The lowest BCUT2D eigenvalue weighted by Gasteiger charge is -2.32. The van der Waals surface area contributed by atoms with Gasteiger partial charge >= 0.3 is 0 Å². The number of hydrogen-bond acceptors (Lipinski definition) is 5. The molecule has 106 valence electrons. The first-order valence-corrected chi connectivity index (χ1v) is 6.40. The Bertz CT molecular complexity index is 369. The normalized spacial score (nSPS) is 29.1. The number of aliphatic hydroxyl groups excluding tert-OH is 2. The van der Waals surface area contributed by atoms with E-state index in [2.05, 4.69) is 0 Å². The smallest absolute Gasteiger partial charge is 0.181 e. The van der Waals surface area contributed by atoms with Crippen molar-refractivity contribution in [2.24, 2.45) is 0 Å². The molecule has 0 radical (unpaired) electrons. The largest absolute Gasteiger partial charge is 0.393 e. The van der Waals surface area contributed by atoms with Gasteiger partial charge in [0.15, 0.2) is 12.6 Å². The van der Waals surface area contributed by atoms with Crippen molar-refractivity contribution in [2.75, 3.05) is 13.7 Å². The van der Waals surface area contributed by atoms with Crippen LogP contribution in [-0.2, 0) is 14.2 Å². The maximum atomic E-state index is 9.87. The topological polar surface area (TPSA) is 68.2 Å². The Morgan fingerprint density at radius 3 is 2.74 bits per heavy atom. The quantitative estimate of drug-likeness (QED) is 0.786. The second-order valence-electron chi connectivity index (χ2n) is 4.64. The fourth-order valence-corrected chi connectivity index (χ4v) is 2.12. The van der Waals surface area contributed by atoms with Gasteiger partial charge in [0, 0.05) is 25.5 Å². The van der Waals surface area contributed by atoms with Crippen LogP contribution < -0.4 is 0 Å². The Hall–Kier alpha value is -0.980. The molecule has 1 aromatic carbocycles. The van der Waals surface area contributed by atoms with E-state index in [0.29, 0.717) is 18.4 Å². The highest BCUT2D eigenvalue weighted by Gasteiger charge is 2.28. The Kier molecular flexibility index (Phi) is 5.30. The summed E-state index contributed by atoms with van der Waals surface area (Å²) in [6, 6.07) is 9.13. The Labute approximate surface area is 112 Å². The van der Waals surface area contributed by atoms with Crippen molar-refractivity contribution in [1.82, 2.24) is 0 Å². The zero-order chi connectivity index (χ0) is 13.7. The second kappa shape index (κ2) is 6.98. The van der Waals surface area contributed by atoms with E-state index in [-0.39, 0.29) is 12.7 Å². The standard InChI is InChI=1S/C14H20O5/c1-17-13-8-11(15)7-12(19-13)9-18-14(16)10-5-3-2-4-6-10/h2-6,11-16H,7-9H2,1H3. The molecule has 0 bridgehead atoms. The third-order valence-electron chi connectivity index (χ3n) is 3.13. The molecule has 0 saturated carbocycles. The van der Waals surface area contributed by atoms with Crippen LogP contribution in [0.3, 0.4) is 0 Å². The third kappa shape index (κ3) is 4.26. The summed E-state index contributed by atoms with van der Waals surface area (Å²) in [6.07, 6.45) is -1.17. The minimum absolute atomic E-state index is 0.215. The van der Waals surface area contributed by atoms with Crippen molar-refractivity contribution >= 4 is 0 Å². The van der Waals surface area contributed by atoms with E-state index in [0.717, 1.165) is 0 Å². The fraction of sp³-hybridized carbons (Fsp3) is 0.571. The molecule has 0 aromatic heterocycles. The summed E-state index contributed by atoms with van der Waals surface area (Å²) in [5.41, 5.74) is 0.696. The molecule has 0 aliphatic carbocycles. The predicted octanol–water partition coefficient (Wildman–Crippen LogP) is 1.21. The fourth-order valence-electron chi connectivity index (χ4n) is 2.12. The maximum absolute atomic E-state index is 9.87. The van der Waals surface area contributed by atoms with Crippen LogP contribution in [0.5, 0.6) is 0 Å². The molecule has 2 N–H and O–H groups in total. The first kappa shape index (κ1) is 14.4. The van der Waals surface area contributed by atoms with Gasteiger partial charge in [-0.2, -0.15) is 0 Å². The summed E-state index contributed by atoms with van der Waals surface area (Å²) in [7, 11) is 1.54. The van der Waals surface area contributed by atoms with Crippen molar-refractivity contribution in [2.45, 2.75) is 37.6 Å². The lowest BCUT2D eigenvalue weighted by Crippen LogP contribution is -2.39. The zero-order valence-corrected chi connectivity index (χ0v) is 10.9. The molecule has 4 unspecified atom stereocenters.